The van der Waals surface area contributed by atoms with E-state index in [0.29, 0.717) is 0 Å². The maximum Gasteiger partial charge on any atom is 0.408 e. The molecule has 2 atom stereocenters. The van der Waals surface area contributed by atoms with Gasteiger partial charge in [0, 0.05) is 12.4 Å². The quantitative estimate of drug-likeness (QED) is 0.278. The minimum atomic E-state index is -1.37. The molecule has 12 nitrogen and oxygen atoms in total. The van der Waals surface area contributed by atoms with E-state index in [1.54, 1.807) is 38.1 Å². The predicted molar refractivity (Wildman–Crippen MR) is 119 cm³/mol. The van der Waals surface area contributed by atoms with Gasteiger partial charge in [-0.3, -0.25) is 19.2 Å². The van der Waals surface area contributed by atoms with Crippen LogP contribution in [-0.2, 0) is 25.7 Å². The van der Waals surface area contributed by atoms with E-state index in [1.165, 1.54) is 12.4 Å². The van der Waals surface area contributed by atoms with Gasteiger partial charge in [-0.1, -0.05) is 44.2 Å². The van der Waals surface area contributed by atoms with Gasteiger partial charge in [0.2, 0.25) is 17.6 Å². The second-order valence-corrected chi connectivity index (χ2v) is 7.67. The summed E-state index contributed by atoms with van der Waals surface area (Å²) in [6.45, 7) is 2.89. The third kappa shape index (κ3) is 8.37. The van der Waals surface area contributed by atoms with Crippen LogP contribution in [0.1, 0.15) is 36.5 Å². The number of nitrogens with one attached hydrogen (secondary N) is 4. The summed E-state index contributed by atoms with van der Waals surface area (Å²) in [6.07, 6.45) is 1.24. The number of amides is 3. The fourth-order valence-electron chi connectivity index (χ4n) is 2.90. The summed E-state index contributed by atoms with van der Waals surface area (Å²) in [4.78, 5) is 66.7. The van der Waals surface area contributed by atoms with E-state index in [1.807, 2.05) is 6.07 Å². The van der Waals surface area contributed by atoms with Crippen molar-refractivity contribution in [3.63, 3.8) is 0 Å². The Morgan fingerprint density at radius 1 is 1.09 bits per heavy atom. The van der Waals surface area contributed by atoms with Crippen LogP contribution in [0.4, 0.5) is 4.79 Å². The van der Waals surface area contributed by atoms with Gasteiger partial charge >= 0.3 is 12.1 Å². The van der Waals surface area contributed by atoms with Gasteiger partial charge in [0.15, 0.2) is 5.82 Å². The van der Waals surface area contributed by atoms with E-state index >= 15 is 0 Å². The number of aliphatic carboxylic acids is 1. The van der Waals surface area contributed by atoms with E-state index in [9.17, 15) is 24.0 Å². The number of carboxylic acid groups (broad SMARTS) is 1. The number of carbonyl (C=O) groups excluding carboxylic acids is 4. The number of benzene rings is 1. The van der Waals surface area contributed by atoms with Crippen LogP contribution in [0.5, 0.6) is 0 Å². The average molecular weight is 473 g/mol. The van der Waals surface area contributed by atoms with Gasteiger partial charge in [-0.25, -0.2) is 9.78 Å². The summed E-state index contributed by atoms with van der Waals surface area (Å²) in [5, 5.41) is 16.2. The van der Waals surface area contributed by atoms with Gasteiger partial charge in [-0.15, -0.1) is 0 Å². The van der Waals surface area contributed by atoms with Crippen LogP contribution in [-0.4, -0.2) is 63.4 Å². The summed E-state index contributed by atoms with van der Waals surface area (Å²) < 4.78 is 5.12. The van der Waals surface area contributed by atoms with Crippen molar-refractivity contribution in [1.29, 1.82) is 0 Å². The summed E-state index contributed by atoms with van der Waals surface area (Å²) in [5.41, 5.74) is 0.778. The highest BCUT2D eigenvalue weighted by Gasteiger charge is 2.28. The highest BCUT2D eigenvalue weighted by Crippen LogP contribution is 2.05. The van der Waals surface area contributed by atoms with Gasteiger partial charge in [-0.2, -0.15) is 0 Å². The Bertz CT molecular complexity index is 992. The van der Waals surface area contributed by atoms with E-state index in [0.717, 1.165) is 5.56 Å². The molecular weight excluding hydrogens is 446 g/mol. The van der Waals surface area contributed by atoms with E-state index in [2.05, 4.69) is 25.9 Å². The lowest BCUT2D eigenvalue weighted by atomic mass is 10.0. The lowest BCUT2D eigenvalue weighted by molar-refractivity contribution is -0.137. The number of H-pyrrole nitrogens is 1. The highest BCUT2D eigenvalue weighted by atomic mass is 16.5. The second-order valence-electron chi connectivity index (χ2n) is 7.67. The summed E-state index contributed by atoms with van der Waals surface area (Å²) in [6, 6.07) is 6.63. The van der Waals surface area contributed by atoms with Crippen LogP contribution in [0.3, 0.4) is 0 Å². The molecule has 3 amide bonds. The smallest absolute Gasteiger partial charge is 0.408 e. The van der Waals surface area contributed by atoms with Crippen LogP contribution < -0.4 is 16.0 Å². The summed E-state index contributed by atoms with van der Waals surface area (Å²) in [5.74, 6) is -3.87. The van der Waals surface area contributed by atoms with Gasteiger partial charge in [0.05, 0.1) is 13.0 Å². The predicted octanol–water partition coefficient (Wildman–Crippen LogP) is 0.619. The van der Waals surface area contributed by atoms with Gasteiger partial charge in [0.25, 0.3) is 0 Å². The van der Waals surface area contributed by atoms with Crippen molar-refractivity contribution in [2.45, 2.75) is 39.0 Å². The van der Waals surface area contributed by atoms with Crippen LogP contribution in [0.15, 0.2) is 42.7 Å². The lowest BCUT2D eigenvalue weighted by Crippen LogP contribution is -2.52. The molecule has 34 heavy (non-hydrogen) atoms. The minimum absolute atomic E-state index is 0.0240. The molecule has 0 spiro atoms. The van der Waals surface area contributed by atoms with Crippen molar-refractivity contribution in [3.05, 3.63) is 54.1 Å². The van der Waals surface area contributed by atoms with Gasteiger partial charge in [0.1, 0.15) is 18.7 Å². The van der Waals surface area contributed by atoms with Crippen LogP contribution in [0.25, 0.3) is 0 Å². The molecular formula is C22H27N5O7. The number of hydrogen-bond acceptors (Lipinski definition) is 7. The number of aromatic nitrogens is 2. The molecule has 182 valence electrons. The molecule has 0 aliphatic carbocycles. The van der Waals surface area contributed by atoms with E-state index < -0.39 is 54.7 Å². The zero-order chi connectivity index (χ0) is 25.1. The van der Waals surface area contributed by atoms with Crippen molar-refractivity contribution in [1.82, 2.24) is 25.9 Å². The molecule has 1 aromatic carbocycles. The third-order valence-electron chi connectivity index (χ3n) is 4.62. The molecule has 0 aliphatic heterocycles. The third-order valence-corrected chi connectivity index (χ3v) is 4.62. The van der Waals surface area contributed by atoms with Gasteiger partial charge in [-0.05, 0) is 11.5 Å². The number of ether oxygens (including phenoxy) is 1. The molecule has 0 aliphatic rings. The fourth-order valence-corrected chi connectivity index (χ4v) is 2.90. The molecule has 0 fully saturated rings. The Kier molecular flexibility index (Phi) is 9.74. The molecule has 0 saturated carbocycles. The van der Waals surface area contributed by atoms with Crippen LogP contribution >= 0.6 is 0 Å². The fraction of sp³-hybridized carbons (Fsp3) is 0.364. The normalized spacial score (nSPS) is 12.3. The average Bonchev–Trinajstić information content (AvgIpc) is 3.34. The highest BCUT2D eigenvalue weighted by molar-refractivity contribution is 6.01. The van der Waals surface area contributed by atoms with Crippen molar-refractivity contribution in [2.24, 2.45) is 5.92 Å². The number of hydrogen-bond donors (Lipinski definition) is 5. The standard InChI is InChI=1S/C22H27N5O7/c1-13(2)18(27-22(33)34-12-14-6-4-3-5-7-14)21(32)25-11-16(28)26-15(10-17(29)30)19(31)20-23-8-9-24-20/h3-9,13,15,18H,10-12H2,1-2H3,(H,23,24)(H,25,32)(H,26,28)(H,27,33)(H,29,30). The van der Waals surface area contributed by atoms with Crippen molar-refractivity contribution in [2.75, 3.05) is 6.54 Å². The van der Waals surface area contributed by atoms with Crippen molar-refractivity contribution in [3.8, 4) is 0 Å². The Morgan fingerprint density at radius 2 is 1.79 bits per heavy atom. The van der Waals surface area contributed by atoms with E-state index in [-0.39, 0.29) is 18.3 Å². The van der Waals surface area contributed by atoms with Crippen molar-refractivity contribution >= 4 is 29.7 Å². The molecule has 0 saturated heterocycles. The molecule has 2 unspecified atom stereocenters. The van der Waals surface area contributed by atoms with E-state index in [4.69, 9.17) is 9.84 Å². The number of rotatable bonds is 12. The second kappa shape index (κ2) is 12.7. The van der Waals surface area contributed by atoms with Gasteiger partial charge < -0.3 is 30.8 Å². The Labute approximate surface area is 195 Å². The number of carbonyl (C=O) groups is 5. The zero-order valence-electron chi connectivity index (χ0n) is 18.7. The summed E-state index contributed by atoms with van der Waals surface area (Å²) >= 11 is 0. The Balaban J connectivity index is 1.88. The first-order valence-corrected chi connectivity index (χ1v) is 10.5. The monoisotopic (exact) mass is 473 g/mol. The zero-order valence-corrected chi connectivity index (χ0v) is 18.7. The molecule has 0 bridgehead atoms. The maximum atomic E-state index is 12.5. The number of imidazole rings is 1. The number of ketones is 1. The molecule has 0 radical (unpaired) electrons. The molecule has 1 aromatic heterocycles. The van der Waals surface area contributed by atoms with Crippen LogP contribution in [0, 0.1) is 5.92 Å². The van der Waals surface area contributed by atoms with Crippen molar-refractivity contribution < 1.29 is 33.8 Å². The minimum Gasteiger partial charge on any atom is -0.481 e. The first-order chi connectivity index (χ1) is 16.2. The number of aromatic amines is 1. The molecule has 2 rings (SSSR count). The first kappa shape index (κ1) is 26.0. The number of nitrogens with zero attached hydrogens (tertiary/aromatic N) is 1. The molecule has 1 heterocycles. The molecule has 5 N–H and O–H groups in total. The Hall–Kier alpha value is -4.22. The molecule has 2 aromatic rings. The summed E-state index contributed by atoms with van der Waals surface area (Å²) in [7, 11) is 0. The largest absolute Gasteiger partial charge is 0.481 e. The Morgan fingerprint density at radius 3 is 2.38 bits per heavy atom. The topological polar surface area (TPSA) is 180 Å². The first-order valence-electron chi connectivity index (χ1n) is 10.5. The van der Waals surface area contributed by atoms with Crippen LogP contribution in [0.2, 0.25) is 0 Å². The lowest BCUT2D eigenvalue weighted by Gasteiger charge is -2.21. The SMILES string of the molecule is CC(C)C(NC(=O)OCc1ccccc1)C(=O)NCC(=O)NC(CC(=O)O)C(=O)c1ncc[nH]1. The number of alkyl carbamates (subject to hydrolysis) is 1. The number of Topliss-reactive ketones (excluding diaryl/α,β-unsaturated/α-hetero) is 1. The number of carboxylic acids is 1. The molecule has 12 heteroatoms. The maximum absolute atomic E-state index is 12.5.